The molecule has 1 aliphatic heterocycles. The number of nitrogens with zero attached hydrogens (tertiary/aromatic N) is 1. The van der Waals surface area contributed by atoms with Crippen LogP contribution in [-0.4, -0.2) is 43.0 Å². The summed E-state index contributed by atoms with van der Waals surface area (Å²) in [7, 11) is 0. The molecule has 0 unspecified atom stereocenters. The van der Waals surface area contributed by atoms with E-state index in [-0.39, 0.29) is 11.3 Å². The second-order valence-corrected chi connectivity index (χ2v) is 10.3. The maximum Gasteiger partial charge on any atom is 0.227 e. The van der Waals surface area contributed by atoms with Crippen molar-refractivity contribution >= 4 is 5.91 Å². The zero-order valence-electron chi connectivity index (χ0n) is 20.4. The summed E-state index contributed by atoms with van der Waals surface area (Å²) in [6, 6.07) is 19.7. The molecule has 4 heteroatoms. The molecule has 2 aromatic rings. The van der Waals surface area contributed by atoms with Crippen LogP contribution in [0.3, 0.4) is 0 Å². The normalized spacial score (nSPS) is 16.2. The molecule has 1 fully saturated rings. The Morgan fingerprint density at radius 2 is 1.69 bits per heavy atom. The van der Waals surface area contributed by atoms with E-state index in [0.29, 0.717) is 12.0 Å². The summed E-state index contributed by atoms with van der Waals surface area (Å²) in [6.07, 6.45) is 3.20. The molecule has 0 bridgehead atoms. The van der Waals surface area contributed by atoms with Gasteiger partial charge in [0.1, 0.15) is 0 Å². The minimum atomic E-state index is -0.279. The lowest BCUT2D eigenvalue weighted by atomic mass is 9.91. The third-order valence-electron chi connectivity index (χ3n) is 6.53. The molecule has 0 aromatic heterocycles. The largest absolute Gasteiger partial charge is 0.342 e. The molecule has 1 atom stereocenters. The molecule has 174 valence electrons. The molecule has 32 heavy (non-hydrogen) atoms. The SMILES string of the molecule is Cc1ccccc1CN[C@H](CNCC1CCN(C(=O)C(C)(C)C)CC1)Cc1ccccc1. The van der Waals surface area contributed by atoms with Crippen molar-refractivity contribution in [3.05, 3.63) is 71.3 Å². The lowest BCUT2D eigenvalue weighted by Crippen LogP contribution is -2.46. The van der Waals surface area contributed by atoms with Crippen LogP contribution in [0.15, 0.2) is 54.6 Å². The van der Waals surface area contributed by atoms with Crippen LogP contribution in [-0.2, 0) is 17.8 Å². The fourth-order valence-corrected chi connectivity index (χ4v) is 4.45. The van der Waals surface area contributed by atoms with Crippen molar-refractivity contribution in [2.75, 3.05) is 26.2 Å². The Balaban J connectivity index is 1.48. The van der Waals surface area contributed by atoms with Crippen LogP contribution >= 0.6 is 0 Å². The number of benzene rings is 2. The van der Waals surface area contributed by atoms with Gasteiger partial charge in [-0.15, -0.1) is 0 Å². The van der Waals surface area contributed by atoms with Crippen LogP contribution in [0, 0.1) is 18.3 Å². The maximum atomic E-state index is 12.5. The highest BCUT2D eigenvalue weighted by molar-refractivity contribution is 5.81. The number of likely N-dealkylation sites (tertiary alicyclic amines) is 1. The molecule has 0 spiro atoms. The first-order valence-electron chi connectivity index (χ1n) is 12.1. The highest BCUT2D eigenvalue weighted by atomic mass is 16.2. The lowest BCUT2D eigenvalue weighted by molar-refractivity contribution is -0.140. The minimum absolute atomic E-state index is 0.279. The second kappa shape index (κ2) is 11.6. The first-order valence-corrected chi connectivity index (χ1v) is 12.1. The molecule has 1 aliphatic rings. The van der Waals surface area contributed by atoms with Crippen molar-refractivity contribution in [1.82, 2.24) is 15.5 Å². The van der Waals surface area contributed by atoms with Gasteiger partial charge >= 0.3 is 0 Å². The van der Waals surface area contributed by atoms with E-state index in [9.17, 15) is 4.79 Å². The molecule has 3 rings (SSSR count). The van der Waals surface area contributed by atoms with E-state index in [1.807, 2.05) is 20.8 Å². The summed E-state index contributed by atoms with van der Waals surface area (Å²) in [4.78, 5) is 14.6. The molecule has 0 saturated carbocycles. The number of aryl methyl sites for hydroxylation is 1. The average molecular weight is 436 g/mol. The average Bonchev–Trinajstić information content (AvgIpc) is 2.78. The number of carbonyl (C=O) groups excluding carboxylic acids is 1. The van der Waals surface area contributed by atoms with Gasteiger partial charge in [-0.3, -0.25) is 4.79 Å². The van der Waals surface area contributed by atoms with Gasteiger partial charge in [-0.25, -0.2) is 0 Å². The first kappa shape index (κ1) is 24.5. The predicted octanol–water partition coefficient (Wildman–Crippen LogP) is 4.57. The molecular weight excluding hydrogens is 394 g/mol. The van der Waals surface area contributed by atoms with Crippen LogP contribution in [0.1, 0.15) is 50.3 Å². The zero-order valence-corrected chi connectivity index (χ0v) is 20.4. The van der Waals surface area contributed by atoms with E-state index in [0.717, 1.165) is 52.0 Å². The van der Waals surface area contributed by atoms with Gasteiger partial charge in [0.15, 0.2) is 0 Å². The van der Waals surface area contributed by atoms with E-state index in [1.165, 1.54) is 16.7 Å². The lowest BCUT2D eigenvalue weighted by Gasteiger charge is -2.36. The zero-order chi connectivity index (χ0) is 23.0. The summed E-state index contributed by atoms with van der Waals surface area (Å²) in [5.41, 5.74) is 3.79. The van der Waals surface area contributed by atoms with E-state index in [4.69, 9.17) is 0 Å². The van der Waals surface area contributed by atoms with E-state index in [1.54, 1.807) is 0 Å². The van der Waals surface area contributed by atoms with Gasteiger partial charge in [-0.1, -0.05) is 75.4 Å². The second-order valence-electron chi connectivity index (χ2n) is 10.3. The molecule has 1 heterocycles. The number of piperidine rings is 1. The van der Waals surface area contributed by atoms with E-state index < -0.39 is 0 Å². The highest BCUT2D eigenvalue weighted by Crippen LogP contribution is 2.23. The minimum Gasteiger partial charge on any atom is -0.342 e. The Hall–Kier alpha value is -2.17. The van der Waals surface area contributed by atoms with Crippen molar-refractivity contribution in [3.63, 3.8) is 0 Å². The van der Waals surface area contributed by atoms with Crippen molar-refractivity contribution in [1.29, 1.82) is 0 Å². The molecule has 1 saturated heterocycles. The number of carbonyl (C=O) groups is 1. The Bertz CT molecular complexity index is 835. The van der Waals surface area contributed by atoms with Gasteiger partial charge in [-0.05, 0) is 55.3 Å². The molecule has 0 radical (unpaired) electrons. The Morgan fingerprint density at radius 1 is 1.03 bits per heavy atom. The summed E-state index contributed by atoms with van der Waals surface area (Å²) < 4.78 is 0. The van der Waals surface area contributed by atoms with Crippen molar-refractivity contribution in [2.45, 2.75) is 59.5 Å². The molecule has 4 nitrogen and oxygen atoms in total. The van der Waals surface area contributed by atoms with E-state index >= 15 is 0 Å². The number of nitrogens with one attached hydrogen (secondary N) is 2. The quantitative estimate of drug-likeness (QED) is 0.606. The van der Waals surface area contributed by atoms with Crippen LogP contribution < -0.4 is 10.6 Å². The predicted molar refractivity (Wildman–Crippen MR) is 134 cm³/mol. The molecule has 1 amide bonds. The van der Waals surface area contributed by atoms with Gasteiger partial charge in [0.2, 0.25) is 5.91 Å². The van der Waals surface area contributed by atoms with Crippen LogP contribution in [0.5, 0.6) is 0 Å². The third kappa shape index (κ3) is 7.46. The van der Waals surface area contributed by atoms with Gasteiger partial charge in [0.25, 0.3) is 0 Å². The number of rotatable bonds is 9. The van der Waals surface area contributed by atoms with Crippen LogP contribution in [0.4, 0.5) is 0 Å². The maximum absolute atomic E-state index is 12.5. The fraction of sp³-hybridized carbons (Fsp3) is 0.536. The van der Waals surface area contributed by atoms with Gasteiger partial charge in [-0.2, -0.15) is 0 Å². The topological polar surface area (TPSA) is 44.4 Å². The monoisotopic (exact) mass is 435 g/mol. The van der Waals surface area contributed by atoms with Gasteiger partial charge in [0, 0.05) is 37.6 Å². The van der Waals surface area contributed by atoms with E-state index in [2.05, 4.69) is 77.1 Å². The fourth-order valence-electron chi connectivity index (χ4n) is 4.45. The van der Waals surface area contributed by atoms with Crippen molar-refractivity contribution in [2.24, 2.45) is 11.3 Å². The van der Waals surface area contributed by atoms with Gasteiger partial charge in [0.05, 0.1) is 0 Å². The number of hydrogen-bond donors (Lipinski definition) is 2. The Kier molecular flexibility index (Phi) is 8.89. The van der Waals surface area contributed by atoms with Gasteiger partial charge < -0.3 is 15.5 Å². The molecular formula is C28H41N3O. The number of amides is 1. The summed E-state index contributed by atoms with van der Waals surface area (Å²) in [5.74, 6) is 0.931. The molecule has 2 N–H and O–H groups in total. The summed E-state index contributed by atoms with van der Waals surface area (Å²) in [6.45, 7) is 12.9. The third-order valence-corrected chi connectivity index (χ3v) is 6.53. The standard InChI is InChI=1S/C28H41N3O/c1-22-10-8-9-13-25(22)20-30-26(18-23-11-6-5-7-12-23)21-29-19-24-14-16-31(17-15-24)27(32)28(2,3)4/h5-13,24,26,29-30H,14-21H2,1-4H3/t26-/m0/s1. The molecule has 2 aromatic carbocycles. The van der Waals surface area contributed by atoms with Crippen molar-refractivity contribution in [3.8, 4) is 0 Å². The Labute approximate surface area is 194 Å². The number of hydrogen-bond acceptors (Lipinski definition) is 3. The van der Waals surface area contributed by atoms with Crippen LogP contribution in [0.2, 0.25) is 0 Å². The smallest absolute Gasteiger partial charge is 0.227 e. The Morgan fingerprint density at radius 3 is 2.34 bits per heavy atom. The van der Waals surface area contributed by atoms with Crippen LogP contribution in [0.25, 0.3) is 0 Å². The summed E-state index contributed by atoms with van der Waals surface area (Å²) >= 11 is 0. The highest BCUT2D eigenvalue weighted by Gasteiger charge is 2.30. The van der Waals surface area contributed by atoms with Crippen molar-refractivity contribution < 1.29 is 4.79 Å². The summed E-state index contributed by atoms with van der Waals surface area (Å²) in [5, 5.41) is 7.52. The first-order chi connectivity index (χ1) is 15.3. The molecule has 0 aliphatic carbocycles.